The molecule has 3 N–H and O–H groups in total. The van der Waals surface area contributed by atoms with Crippen LogP contribution in [0.3, 0.4) is 0 Å². The highest BCUT2D eigenvalue weighted by atomic mass is 16.5. The molecule has 0 amide bonds. The van der Waals surface area contributed by atoms with E-state index in [1.807, 2.05) is 18.2 Å². The van der Waals surface area contributed by atoms with Crippen LogP contribution in [0.1, 0.15) is 30.9 Å². The van der Waals surface area contributed by atoms with Gasteiger partial charge in [0.25, 0.3) is 0 Å². The molecule has 5 nitrogen and oxygen atoms in total. The number of fused-ring (bicyclic) bond motifs is 1. The van der Waals surface area contributed by atoms with Crippen LogP contribution in [0.5, 0.6) is 11.5 Å². The first-order chi connectivity index (χ1) is 9.70. The average molecular weight is 281 g/mol. The monoisotopic (exact) mass is 281 g/mol. The minimum absolute atomic E-state index is 0.0825. The molecule has 2 atom stereocenters. The van der Waals surface area contributed by atoms with Gasteiger partial charge in [-0.1, -0.05) is 6.07 Å². The van der Waals surface area contributed by atoms with Crippen molar-refractivity contribution in [3.05, 3.63) is 23.8 Å². The van der Waals surface area contributed by atoms with Crippen LogP contribution in [0.2, 0.25) is 0 Å². The van der Waals surface area contributed by atoms with Crippen molar-refractivity contribution < 1.29 is 19.3 Å². The topological polar surface area (TPSA) is 73.9 Å². The van der Waals surface area contributed by atoms with Crippen LogP contribution < -0.4 is 15.2 Å². The van der Waals surface area contributed by atoms with Crippen LogP contribution in [0.25, 0.3) is 0 Å². The van der Waals surface area contributed by atoms with Crippen molar-refractivity contribution in [2.24, 2.45) is 5.73 Å². The molecule has 0 bridgehead atoms. The van der Waals surface area contributed by atoms with Crippen molar-refractivity contribution in [1.82, 2.24) is 0 Å². The Labute approximate surface area is 119 Å². The predicted octanol–water partition coefficient (Wildman–Crippen LogP) is 1.64. The fraction of sp³-hybridized carbons (Fsp3) is 0.600. The lowest BCUT2D eigenvalue weighted by molar-refractivity contribution is 0.141. The molecule has 2 rings (SSSR count). The van der Waals surface area contributed by atoms with Gasteiger partial charge in [-0.15, -0.1) is 0 Å². The van der Waals surface area contributed by atoms with Gasteiger partial charge in [0.2, 0.25) is 0 Å². The lowest BCUT2D eigenvalue weighted by Gasteiger charge is -2.17. The number of benzene rings is 1. The molecule has 0 fully saturated rings. The summed E-state index contributed by atoms with van der Waals surface area (Å²) in [6, 6.07) is 5.47. The lowest BCUT2D eigenvalue weighted by atomic mass is 10.0. The van der Waals surface area contributed by atoms with Crippen molar-refractivity contribution in [3.8, 4) is 11.5 Å². The number of hydrogen-bond donors (Lipinski definition) is 2. The third-order valence-corrected chi connectivity index (χ3v) is 3.38. The van der Waals surface area contributed by atoms with Crippen LogP contribution in [0.15, 0.2) is 18.2 Å². The molecular formula is C15H23NO4. The Bertz CT molecular complexity index is 424. The number of rotatable bonds is 6. The highest BCUT2D eigenvalue weighted by molar-refractivity contribution is 5.44. The molecule has 1 aliphatic rings. The zero-order chi connectivity index (χ0) is 14.4. The Kier molecular flexibility index (Phi) is 5.64. The maximum Gasteiger partial charge on any atom is 0.161 e. The first-order valence-corrected chi connectivity index (χ1v) is 7.03. The van der Waals surface area contributed by atoms with E-state index < -0.39 is 6.10 Å². The largest absolute Gasteiger partial charge is 0.490 e. The molecule has 5 heteroatoms. The van der Waals surface area contributed by atoms with Gasteiger partial charge in [-0.3, -0.25) is 0 Å². The third kappa shape index (κ3) is 4.10. The number of nitrogens with two attached hydrogens (primary N) is 1. The van der Waals surface area contributed by atoms with E-state index >= 15 is 0 Å². The molecule has 0 saturated carbocycles. The van der Waals surface area contributed by atoms with E-state index in [9.17, 15) is 5.11 Å². The average Bonchev–Trinajstić information content (AvgIpc) is 2.69. The van der Waals surface area contributed by atoms with Crippen LogP contribution in [0, 0.1) is 0 Å². The summed E-state index contributed by atoms with van der Waals surface area (Å²) in [6.07, 6.45) is 1.51. The Morgan fingerprint density at radius 2 is 2.05 bits per heavy atom. The second kappa shape index (κ2) is 7.47. The van der Waals surface area contributed by atoms with Crippen LogP contribution in [-0.4, -0.2) is 38.1 Å². The first kappa shape index (κ1) is 15.1. The van der Waals surface area contributed by atoms with Crippen LogP contribution in [0.4, 0.5) is 0 Å². The molecule has 1 aromatic carbocycles. The van der Waals surface area contributed by atoms with Gasteiger partial charge in [-0.25, -0.2) is 0 Å². The molecule has 112 valence electrons. The highest BCUT2D eigenvalue weighted by Crippen LogP contribution is 2.33. The van der Waals surface area contributed by atoms with Gasteiger partial charge < -0.3 is 25.1 Å². The molecule has 0 aromatic heterocycles. The van der Waals surface area contributed by atoms with E-state index in [0.29, 0.717) is 32.0 Å². The van der Waals surface area contributed by atoms with Gasteiger partial charge in [-0.05, 0) is 30.5 Å². The van der Waals surface area contributed by atoms with E-state index in [1.54, 1.807) is 7.11 Å². The molecule has 0 spiro atoms. The van der Waals surface area contributed by atoms with E-state index in [-0.39, 0.29) is 6.04 Å². The SMILES string of the molecule is COCCC(N)CC(O)c1ccc2c(c1)OCCCO2. The van der Waals surface area contributed by atoms with Gasteiger partial charge >= 0.3 is 0 Å². The molecule has 0 radical (unpaired) electrons. The van der Waals surface area contributed by atoms with E-state index in [0.717, 1.165) is 24.2 Å². The summed E-state index contributed by atoms with van der Waals surface area (Å²) >= 11 is 0. The smallest absolute Gasteiger partial charge is 0.161 e. The predicted molar refractivity (Wildman–Crippen MR) is 76.1 cm³/mol. The minimum Gasteiger partial charge on any atom is -0.490 e. The van der Waals surface area contributed by atoms with Crippen molar-refractivity contribution in [2.45, 2.75) is 31.4 Å². The summed E-state index contributed by atoms with van der Waals surface area (Å²) in [7, 11) is 1.65. The lowest BCUT2D eigenvalue weighted by Crippen LogP contribution is -2.24. The van der Waals surface area contributed by atoms with E-state index in [4.69, 9.17) is 19.9 Å². The number of ether oxygens (including phenoxy) is 3. The summed E-state index contributed by atoms with van der Waals surface area (Å²) in [5, 5.41) is 10.2. The Morgan fingerprint density at radius 1 is 1.30 bits per heavy atom. The fourth-order valence-electron chi connectivity index (χ4n) is 2.20. The summed E-state index contributed by atoms with van der Waals surface area (Å²) in [5.74, 6) is 1.44. The van der Waals surface area contributed by atoms with Crippen LogP contribution >= 0.6 is 0 Å². The van der Waals surface area contributed by atoms with Gasteiger partial charge in [0, 0.05) is 26.2 Å². The van der Waals surface area contributed by atoms with Gasteiger partial charge in [0.15, 0.2) is 11.5 Å². The molecule has 1 aliphatic heterocycles. The highest BCUT2D eigenvalue weighted by Gasteiger charge is 2.16. The van der Waals surface area contributed by atoms with Crippen molar-refractivity contribution in [2.75, 3.05) is 26.9 Å². The molecule has 2 unspecified atom stereocenters. The minimum atomic E-state index is -0.598. The zero-order valence-electron chi connectivity index (χ0n) is 11.9. The number of methoxy groups -OCH3 is 1. The van der Waals surface area contributed by atoms with Gasteiger partial charge in [0.05, 0.1) is 19.3 Å². The quantitative estimate of drug-likeness (QED) is 0.829. The first-order valence-electron chi connectivity index (χ1n) is 7.03. The van der Waals surface area contributed by atoms with Crippen molar-refractivity contribution >= 4 is 0 Å². The summed E-state index contributed by atoms with van der Waals surface area (Å²) < 4.78 is 16.2. The summed E-state index contributed by atoms with van der Waals surface area (Å²) in [5.41, 5.74) is 6.77. The second-order valence-electron chi connectivity index (χ2n) is 5.05. The Hall–Kier alpha value is -1.30. The zero-order valence-corrected chi connectivity index (χ0v) is 11.9. The number of aliphatic hydroxyl groups excluding tert-OH is 1. The Balaban J connectivity index is 1.99. The summed E-state index contributed by atoms with van der Waals surface area (Å²) in [6.45, 7) is 1.91. The Morgan fingerprint density at radius 3 is 2.80 bits per heavy atom. The molecule has 20 heavy (non-hydrogen) atoms. The molecule has 0 aliphatic carbocycles. The third-order valence-electron chi connectivity index (χ3n) is 3.38. The van der Waals surface area contributed by atoms with Crippen molar-refractivity contribution in [1.29, 1.82) is 0 Å². The fourth-order valence-corrected chi connectivity index (χ4v) is 2.20. The molecular weight excluding hydrogens is 258 g/mol. The normalized spacial score (nSPS) is 17.4. The maximum atomic E-state index is 10.2. The maximum absolute atomic E-state index is 10.2. The molecule has 1 heterocycles. The molecule has 0 saturated heterocycles. The van der Waals surface area contributed by atoms with E-state index in [1.165, 1.54) is 0 Å². The number of hydrogen-bond acceptors (Lipinski definition) is 5. The van der Waals surface area contributed by atoms with E-state index in [2.05, 4.69) is 0 Å². The second-order valence-corrected chi connectivity index (χ2v) is 5.05. The van der Waals surface area contributed by atoms with Gasteiger partial charge in [-0.2, -0.15) is 0 Å². The molecule has 1 aromatic rings. The van der Waals surface area contributed by atoms with Gasteiger partial charge in [0.1, 0.15) is 0 Å². The standard InChI is InChI=1S/C15H23NO4/c1-18-8-5-12(16)10-13(17)11-3-4-14-15(9-11)20-7-2-6-19-14/h3-4,9,12-13,17H,2,5-8,10,16H2,1H3. The van der Waals surface area contributed by atoms with Crippen LogP contribution in [-0.2, 0) is 4.74 Å². The van der Waals surface area contributed by atoms with Crippen molar-refractivity contribution in [3.63, 3.8) is 0 Å². The number of aliphatic hydroxyl groups is 1. The summed E-state index contributed by atoms with van der Waals surface area (Å²) in [4.78, 5) is 0.